The molecule has 6 heteroatoms. The highest BCUT2D eigenvalue weighted by Gasteiger charge is 2.32. The van der Waals surface area contributed by atoms with Gasteiger partial charge in [-0.3, -0.25) is 0 Å². The van der Waals surface area contributed by atoms with Gasteiger partial charge in [-0.05, 0) is 12.8 Å². The minimum atomic E-state index is -3.06. The number of rotatable bonds is 7. The van der Waals surface area contributed by atoms with Crippen LogP contribution in [-0.4, -0.2) is 38.1 Å². The lowest BCUT2D eigenvalue weighted by Crippen LogP contribution is -2.38. The van der Waals surface area contributed by atoms with Crippen LogP contribution in [-0.2, 0) is 4.74 Å². The molecule has 1 aliphatic carbocycles. The Bertz CT molecular complexity index is 173. The largest absolute Gasteiger partial charge is 0.369 e. The lowest BCUT2D eigenvalue weighted by Gasteiger charge is -2.16. The standard InChI is InChI=1S/C8H13F4NO/c9-7(10)3-14-5-8(11,12)4-13-6-1-2-6/h6-7,13H,1-5H2. The summed E-state index contributed by atoms with van der Waals surface area (Å²) >= 11 is 0. The van der Waals surface area contributed by atoms with Gasteiger partial charge in [0.25, 0.3) is 12.3 Å². The fraction of sp³-hybridized carbons (Fsp3) is 1.00. The van der Waals surface area contributed by atoms with Crippen molar-refractivity contribution < 1.29 is 22.3 Å². The Balaban J connectivity index is 2.05. The molecule has 1 saturated carbocycles. The van der Waals surface area contributed by atoms with Crippen molar-refractivity contribution in [2.24, 2.45) is 0 Å². The Morgan fingerprint density at radius 3 is 2.50 bits per heavy atom. The van der Waals surface area contributed by atoms with E-state index in [-0.39, 0.29) is 6.04 Å². The third-order valence-electron chi connectivity index (χ3n) is 1.78. The van der Waals surface area contributed by atoms with Crippen LogP contribution in [0.15, 0.2) is 0 Å². The first-order valence-electron chi connectivity index (χ1n) is 4.47. The van der Waals surface area contributed by atoms with Crippen molar-refractivity contribution in [2.75, 3.05) is 19.8 Å². The van der Waals surface area contributed by atoms with E-state index >= 15 is 0 Å². The molecule has 1 aliphatic rings. The Hall–Kier alpha value is -0.360. The van der Waals surface area contributed by atoms with Crippen molar-refractivity contribution in [3.8, 4) is 0 Å². The predicted octanol–water partition coefficient (Wildman–Crippen LogP) is 1.66. The Kier molecular flexibility index (Phi) is 4.12. The average molecular weight is 215 g/mol. The second-order valence-electron chi connectivity index (χ2n) is 3.42. The second-order valence-corrected chi connectivity index (χ2v) is 3.42. The van der Waals surface area contributed by atoms with Gasteiger partial charge in [0.15, 0.2) is 0 Å². The number of ether oxygens (including phenoxy) is 1. The highest BCUT2D eigenvalue weighted by molar-refractivity contribution is 4.83. The van der Waals surface area contributed by atoms with Gasteiger partial charge in [0.1, 0.15) is 13.2 Å². The molecule has 0 radical (unpaired) electrons. The highest BCUT2D eigenvalue weighted by Crippen LogP contribution is 2.21. The first-order valence-corrected chi connectivity index (χ1v) is 4.47. The zero-order chi connectivity index (χ0) is 10.6. The van der Waals surface area contributed by atoms with Crippen LogP contribution in [0.25, 0.3) is 0 Å². The molecule has 0 unspecified atom stereocenters. The molecule has 1 rings (SSSR count). The lowest BCUT2D eigenvalue weighted by molar-refractivity contribution is -0.0938. The molecule has 0 aromatic rings. The van der Waals surface area contributed by atoms with Gasteiger partial charge in [0, 0.05) is 6.04 Å². The maximum absolute atomic E-state index is 12.8. The van der Waals surface area contributed by atoms with Gasteiger partial charge in [0.05, 0.1) is 6.54 Å². The van der Waals surface area contributed by atoms with Crippen molar-refractivity contribution >= 4 is 0 Å². The first kappa shape index (κ1) is 11.7. The van der Waals surface area contributed by atoms with Crippen LogP contribution in [0.1, 0.15) is 12.8 Å². The van der Waals surface area contributed by atoms with E-state index in [4.69, 9.17) is 0 Å². The molecule has 2 nitrogen and oxygen atoms in total. The van der Waals surface area contributed by atoms with Crippen LogP contribution in [0.4, 0.5) is 17.6 Å². The minimum Gasteiger partial charge on any atom is -0.369 e. The first-order chi connectivity index (χ1) is 6.49. The van der Waals surface area contributed by atoms with E-state index in [0.29, 0.717) is 0 Å². The summed E-state index contributed by atoms with van der Waals surface area (Å²) in [5.41, 5.74) is 0. The van der Waals surface area contributed by atoms with E-state index in [1.165, 1.54) is 0 Å². The van der Waals surface area contributed by atoms with E-state index in [2.05, 4.69) is 10.1 Å². The molecule has 0 amide bonds. The van der Waals surface area contributed by atoms with E-state index < -0.39 is 32.1 Å². The summed E-state index contributed by atoms with van der Waals surface area (Å²) in [6.07, 6.45) is -0.871. The molecule has 0 atom stereocenters. The Morgan fingerprint density at radius 1 is 1.36 bits per heavy atom. The monoisotopic (exact) mass is 215 g/mol. The molecule has 0 heterocycles. The molecule has 0 saturated heterocycles. The van der Waals surface area contributed by atoms with E-state index in [1.54, 1.807) is 0 Å². The summed E-state index contributed by atoms with van der Waals surface area (Å²) < 4.78 is 52.9. The summed E-state index contributed by atoms with van der Waals surface area (Å²) in [4.78, 5) is 0. The fourth-order valence-corrected chi connectivity index (χ4v) is 0.929. The van der Waals surface area contributed by atoms with Crippen molar-refractivity contribution in [2.45, 2.75) is 31.2 Å². The second kappa shape index (κ2) is 4.93. The van der Waals surface area contributed by atoms with Gasteiger partial charge in [0.2, 0.25) is 0 Å². The maximum atomic E-state index is 12.8. The van der Waals surface area contributed by atoms with Gasteiger partial charge < -0.3 is 10.1 Å². The fourth-order valence-electron chi connectivity index (χ4n) is 0.929. The average Bonchev–Trinajstić information content (AvgIpc) is 2.82. The normalized spacial score (nSPS) is 17.8. The summed E-state index contributed by atoms with van der Waals surface area (Å²) in [5.74, 6) is -3.06. The molecule has 0 aliphatic heterocycles. The van der Waals surface area contributed by atoms with Crippen LogP contribution in [0, 0.1) is 0 Å². The van der Waals surface area contributed by atoms with Gasteiger partial charge in [-0.25, -0.2) is 17.6 Å². The van der Waals surface area contributed by atoms with E-state index in [0.717, 1.165) is 12.8 Å². The van der Waals surface area contributed by atoms with Crippen LogP contribution in [0.3, 0.4) is 0 Å². The van der Waals surface area contributed by atoms with Crippen LogP contribution < -0.4 is 5.32 Å². The summed E-state index contributed by atoms with van der Waals surface area (Å²) in [5, 5.41) is 2.62. The molecule has 0 spiro atoms. The van der Waals surface area contributed by atoms with Crippen molar-refractivity contribution in [1.29, 1.82) is 0 Å². The van der Waals surface area contributed by atoms with Crippen LogP contribution >= 0.6 is 0 Å². The molecular weight excluding hydrogens is 202 g/mol. The number of hydrogen-bond acceptors (Lipinski definition) is 2. The number of halogens is 4. The lowest BCUT2D eigenvalue weighted by atomic mass is 10.3. The quantitative estimate of drug-likeness (QED) is 0.652. The van der Waals surface area contributed by atoms with Gasteiger partial charge in [-0.15, -0.1) is 0 Å². The smallest absolute Gasteiger partial charge is 0.283 e. The van der Waals surface area contributed by atoms with Gasteiger partial charge >= 0.3 is 0 Å². The number of alkyl halides is 4. The molecule has 1 fully saturated rings. The van der Waals surface area contributed by atoms with Crippen LogP contribution in [0.5, 0.6) is 0 Å². The minimum absolute atomic E-state index is 0.177. The Labute approximate surface area is 79.6 Å². The van der Waals surface area contributed by atoms with E-state index in [1.807, 2.05) is 0 Å². The van der Waals surface area contributed by atoms with Gasteiger partial charge in [-0.1, -0.05) is 0 Å². The Morgan fingerprint density at radius 2 is 2.00 bits per heavy atom. The number of nitrogens with one attached hydrogen (secondary N) is 1. The molecular formula is C8H13F4NO. The summed E-state index contributed by atoms with van der Waals surface area (Å²) in [6, 6.07) is 0.177. The van der Waals surface area contributed by atoms with E-state index in [9.17, 15) is 17.6 Å². The number of hydrogen-bond donors (Lipinski definition) is 1. The van der Waals surface area contributed by atoms with Crippen LogP contribution in [0.2, 0.25) is 0 Å². The zero-order valence-electron chi connectivity index (χ0n) is 7.61. The third-order valence-corrected chi connectivity index (χ3v) is 1.78. The summed E-state index contributed by atoms with van der Waals surface area (Å²) in [6.45, 7) is -2.38. The van der Waals surface area contributed by atoms with Gasteiger partial charge in [-0.2, -0.15) is 0 Å². The molecule has 0 aromatic heterocycles. The molecule has 84 valence electrons. The molecule has 1 N–H and O–H groups in total. The SMILES string of the molecule is FC(F)COCC(F)(F)CNC1CC1. The van der Waals surface area contributed by atoms with Crippen molar-refractivity contribution in [3.05, 3.63) is 0 Å². The predicted molar refractivity (Wildman–Crippen MR) is 42.8 cm³/mol. The zero-order valence-corrected chi connectivity index (χ0v) is 7.61. The highest BCUT2D eigenvalue weighted by atomic mass is 19.3. The molecule has 14 heavy (non-hydrogen) atoms. The topological polar surface area (TPSA) is 21.3 Å². The molecule has 0 bridgehead atoms. The molecule has 0 aromatic carbocycles. The van der Waals surface area contributed by atoms with Crippen molar-refractivity contribution in [3.63, 3.8) is 0 Å². The third kappa shape index (κ3) is 5.39. The van der Waals surface area contributed by atoms with Crippen molar-refractivity contribution in [1.82, 2.24) is 5.32 Å². The summed E-state index contributed by atoms with van der Waals surface area (Å²) in [7, 11) is 0. The maximum Gasteiger partial charge on any atom is 0.283 e.